The number of likely N-dealkylation sites (N-methyl/N-ethyl adjacent to an activating group) is 1. The molecule has 3 aromatic rings. The van der Waals surface area contributed by atoms with Gasteiger partial charge in [0.25, 0.3) is 0 Å². The molecule has 1 fully saturated rings. The number of nitrogens with zero attached hydrogens (tertiary/aromatic N) is 4. The Labute approximate surface area is 178 Å². The van der Waals surface area contributed by atoms with E-state index in [-0.39, 0.29) is 6.03 Å². The SMILES string of the molecule is CCn1c(/C=C/c2ccc(CN3CCN(C)C3=O)cc2)nc2c(C(C)C)cccc21. The third kappa shape index (κ3) is 3.84. The van der Waals surface area contributed by atoms with E-state index in [1.165, 1.54) is 11.1 Å². The van der Waals surface area contributed by atoms with Crippen molar-refractivity contribution in [2.24, 2.45) is 0 Å². The lowest BCUT2D eigenvalue weighted by Gasteiger charge is -2.15. The number of carbonyl (C=O) groups excluding carboxylic acids is 1. The molecule has 1 aliphatic heterocycles. The zero-order chi connectivity index (χ0) is 21.3. The highest BCUT2D eigenvalue weighted by Crippen LogP contribution is 2.26. The average Bonchev–Trinajstić information content (AvgIpc) is 3.27. The number of imidazole rings is 1. The normalized spacial score (nSPS) is 14.8. The number of rotatable bonds is 6. The summed E-state index contributed by atoms with van der Waals surface area (Å²) in [4.78, 5) is 20.7. The number of urea groups is 1. The summed E-state index contributed by atoms with van der Waals surface area (Å²) in [5, 5.41) is 0. The molecular weight excluding hydrogens is 372 g/mol. The van der Waals surface area contributed by atoms with E-state index in [1.807, 2.05) is 11.9 Å². The number of hydrogen-bond acceptors (Lipinski definition) is 2. The molecule has 0 saturated carbocycles. The molecule has 2 aromatic carbocycles. The van der Waals surface area contributed by atoms with Crippen molar-refractivity contribution >= 4 is 29.2 Å². The van der Waals surface area contributed by atoms with E-state index in [2.05, 4.69) is 80.0 Å². The van der Waals surface area contributed by atoms with Gasteiger partial charge in [-0.15, -0.1) is 0 Å². The second-order valence-electron chi connectivity index (χ2n) is 8.28. The number of fused-ring (bicyclic) bond motifs is 1. The highest BCUT2D eigenvalue weighted by molar-refractivity contribution is 5.83. The van der Waals surface area contributed by atoms with Crippen LogP contribution in [0.5, 0.6) is 0 Å². The third-order valence-corrected chi connectivity index (χ3v) is 5.86. The van der Waals surface area contributed by atoms with Crippen LogP contribution in [0.25, 0.3) is 23.2 Å². The standard InChI is InChI=1S/C25H30N4O/c1-5-29-22-8-6-7-21(18(2)3)24(22)26-23(29)14-13-19-9-11-20(12-10-19)17-28-16-15-27(4)25(28)30/h6-14,18H,5,15-17H2,1-4H3/b14-13+. The van der Waals surface area contributed by atoms with Gasteiger partial charge in [0, 0.05) is 33.2 Å². The van der Waals surface area contributed by atoms with Gasteiger partial charge in [0.2, 0.25) is 0 Å². The molecule has 0 spiro atoms. The van der Waals surface area contributed by atoms with Crippen molar-refractivity contribution in [2.75, 3.05) is 20.1 Å². The number of para-hydroxylation sites is 1. The van der Waals surface area contributed by atoms with Gasteiger partial charge in [-0.05, 0) is 41.7 Å². The maximum absolute atomic E-state index is 12.1. The largest absolute Gasteiger partial charge is 0.326 e. The predicted octanol–water partition coefficient (Wildman–Crippen LogP) is 5.22. The lowest BCUT2D eigenvalue weighted by atomic mass is 10.0. The van der Waals surface area contributed by atoms with Crippen LogP contribution >= 0.6 is 0 Å². The highest BCUT2D eigenvalue weighted by atomic mass is 16.2. The lowest BCUT2D eigenvalue weighted by molar-refractivity contribution is 0.197. The Balaban J connectivity index is 1.54. The minimum absolute atomic E-state index is 0.109. The first kappa shape index (κ1) is 20.2. The fourth-order valence-electron chi connectivity index (χ4n) is 4.09. The first-order valence-corrected chi connectivity index (χ1v) is 10.7. The minimum Gasteiger partial charge on any atom is -0.326 e. The summed E-state index contributed by atoms with van der Waals surface area (Å²) in [6.45, 7) is 9.73. The van der Waals surface area contributed by atoms with Gasteiger partial charge in [-0.25, -0.2) is 9.78 Å². The Kier molecular flexibility index (Phi) is 5.62. The van der Waals surface area contributed by atoms with Crippen molar-refractivity contribution < 1.29 is 4.79 Å². The summed E-state index contributed by atoms with van der Waals surface area (Å²) >= 11 is 0. The van der Waals surface area contributed by atoms with E-state index < -0.39 is 0 Å². The van der Waals surface area contributed by atoms with Crippen LogP contribution in [0.3, 0.4) is 0 Å². The van der Waals surface area contributed by atoms with E-state index in [1.54, 1.807) is 4.90 Å². The summed E-state index contributed by atoms with van der Waals surface area (Å²) in [7, 11) is 1.85. The van der Waals surface area contributed by atoms with Gasteiger partial charge in [-0.3, -0.25) is 0 Å². The highest BCUT2D eigenvalue weighted by Gasteiger charge is 2.24. The number of amides is 2. The van der Waals surface area contributed by atoms with Crippen LogP contribution < -0.4 is 0 Å². The third-order valence-electron chi connectivity index (χ3n) is 5.86. The van der Waals surface area contributed by atoms with E-state index in [4.69, 9.17) is 4.98 Å². The van der Waals surface area contributed by atoms with E-state index >= 15 is 0 Å². The van der Waals surface area contributed by atoms with Crippen LogP contribution in [0.4, 0.5) is 4.79 Å². The average molecular weight is 403 g/mol. The van der Waals surface area contributed by atoms with Gasteiger partial charge in [-0.2, -0.15) is 0 Å². The molecule has 5 nitrogen and oxygen atoms in total. The summed E-state index contributed by atoms with van der Waals surface area (Å²) in [5.41, 5.74) is 5.87. The number of aryl methyl sites for hydroxylation is 1. The molecule has 5 heteroatoms. The molecular formula is C25H30N4O. The van der Waals surface area contributed by atoms with Crippen molar-refractivity contribution in [3.8, 4) is 0 Å². The molecule has 30 heavy (non-hydrogen) atoms. The Morgan fingerprint density at radius 3 is 2.47 bits per heavy atom. The fraction of sp³-hybridized carbons (Fsp3) is 0.360. The molecule has 4 rings (SSSR count). The van der Waals surface area contributed by atoms with Crippen molar-refractivity contribution in [2.45, 2.75) is 39.8 Å². The molecule has 2 heterocycles. The first-order chi connectivity index (χ1) is 14.5. The predicted molar refractivity (Wildman–Crippen MR) is 123 cm³/mol. The molecule has 0 bridgehead atoms. The second kappa shape index (κ2) is 8.34. The number of hydrogen-bond donors (Lipinski definition) is 0. The van der Waals surface area contributed by atoms with Crippen LogP contribution in [-0.2, 0) is 13.1 Å². The van der Waals surface area contributed by atoms with E-state index in [0.29, 0.717) is 12.5 Å². The molecule has 0 radical (unpaired) electrons. The number of benzene rings is 2. The molecule has 1 saturated heterocycles. The van der Waals surface area contributed by atoms with E-state index in [0.717, 1.165) is 42.1 Å². The minimum atomic E-state index is 0.109. The maximum atomic E-state index is 12.1. The molecule has 2 amide bonds. The Hall–Kier alpha value is -3.08. The van der Waals surface area contributed by atoms with Gasteiger partial charge < -0.3 is 14.4 Å². The van der Waals surface area contributed by atoms with Gasteiger partial charge in [0.15, 0.2) is 0 Å². The van der Waals surface area contributed by atoms with Crippen LogP contribution in [0.1, 0.15) is 49.2 Å². The van der Waals surface area contributed by atoms with Gasteiger partial charge in [-0.1, -0.05) is 56.3 Å². The quantitative estimate of drug-likeness (QED) is 0.567. The summed E-state index contributed by atoms with van der Waals surface area (Å²) in [6.07, 6.45) is 4.21. The zero-order valence-electron chi connectivity index (χ0n) is 18.3. The Morgan fingerprint density at radius 1 is 1.07 bits per heavy atom. The summed E-state index contributed by atoms with van der Waals surface area (Å²) < 4.78 is 2.27. The number of aromatic nitrogens is 2. The molecule has 0 N–H and O–H groups in total. The molecule has 1 aromatic heterocycles. The lowest BCUT2D eigenvalue weighted by Crippen LogP contribution is -2.28. The van der Waals surface area contributed by atoms with Crippen molar-refractivity contribution in [1.29, 1.82) is 0 Å². The second-order valence-corrected chi connectivity index (χ2v) is 8.28. The van der Waals surface area contributed by atoms with Crippen molar-refractivity contribution in [3.05, 3.63) is 65.0 Å². The van der Waals surface area contributed by atoms with Crippen LogP contribution in [0.2, 0.25) is 0 Å². The first-order valence-electron chi connectivity index (χ1n) is 10.7. The van der Waals surface area contributed by atoms with Crippen molar-refractivity contribution in [1.82, 2.24) is 19.4 Å². The molecule has 156 valence electrons. The van der Waals surface area contributed by atoms with Crippen LogP contribution in [0.15, 0.2) is 42.5 Å². The topological polar surface area (TPSA) is 41.4 Å². The number of carbonyl (C=O) groups is 1. The van der Waals surface area contributed by atoms with Gasteiger partial charge in [0.05, 0.1) is 11.0 Å². The van der Waals surface area contributed by atoms with Gasteiger partial charge >= 0.3 is 6.03 Å². The van der Waals surface area contributed by atoms with Crippen LogP contribution in [-0.4, -0.2) is 45.5 Å². The maximum Gasteiger partial charge on any atom is 0.320 e. The van der Waals surface area contributed by atoms with Crippen LogP contribution in [0, 0.1) is 0 Å². The van der Waals surface area contributed by atoms with Gasteiger partial charge in [0.1, 0.15) is 5.82 Å². The molecule has 0 aliphatic carbocycles. The summed E-state index contributed by atoms with van der Waals surface area (Å²) in [5.74, 6) is 1.43. The Bertz CT molecular complexity index is 1080. The fourth-order valence-corrected chi connectivity index (χ4v) is 4.09. The van der Waals surface area contributed by atoms with E-state index in [9.17, 15) is 4.79 Å². The molecule has 0 atom stereocenters. The summed E-state index contributed by atoms with van der Waals surface area (Å²) in [6, 6.07) is 15.0. The Morgan fingerprint density at radius 2 is 1.83 bits per heavy atom. The molecule has 0 unspecified atom stereocenters. The molecule has 1 aliphatic rings. The monoisotopic (exact) mass is 402 g/mol. The van der Waals surface area contributed by atoms with Crippen molar-refractivity contribution in [3.63, 3.8) is 0 Å². The smallest absolute Gasteiger partial charge is 0.320 e. The zero-order valence-corrected chi connectivity index (χ0v) is 18.3.